The Balaban J connectivity index is 2.35. The monoisotopic (exact) mass is 271 g/mol. The Hall–Kier alpha value is -1.07. The number of benzene rings is 1. The first-order valence-electron chi connectivity index (χ1n) is 6.02. The first-order chi connectivity index (χ1) is 8.37. The molecule has 0 saturated carbocycles. The molecule has 0 saturated heterocycles. The van der Waals surface area contributed by atoms with E-state index in [0.29, 0.717) is 13.0 Å². The van der Waals surface area contributed by atoms with Crippen molar-refractivity contribution in [1.82, 2.24) is 0 Å². The highest BCUT2D eigenvalue weighted by Gasteiger charge is 2.02. The lowest BCUT2D eigenvalue weighted by molar-refractivity contribution is 0.317. The summed E-state index contributed by atoms with van der Waals surface area (Å²) in [5.41, 5.74) is 6.89. The van der Waals surface area contributed by atoms with Crippen molar-refractivity contribution in [1.29, 1.82) is 0 Å². The Labute approximate surface area is 109 Å². The second-order valence-corrected chi connectivity index (χ2v) is 6.92. The van der Waals surface area contributed by atoms with Crippen LogP contribution in [0.4, 0.5) is 0 Å². The molecule has 1 rings (SSSR count). The first kappa shape index (κ1) is 15.0. The zero-order chi connectivity index (χ0) is 13.6. The fourth-order valence-corrected chi connectivity index (χ4v) is 2.25. The van der Waals surface area contributed by atoms with E-state index in [-0.39, 0.29) is 11.8 Å². The van der Waals surface area contributed by atoms with Crippen molar-refractivity contribution in [2.24, 2.45) is 5.73 Å². The molecule has 1 aromatic carbocycles. The summed E-state index contributed by atoms with van der Waals surface area (Å²) in [5.74, 6) is 0.924. The fraction of sp³-hybridized carbons (Fsp3) is 0.538. The van der Waals surface area contributed by atoms with E-state index in [4.69, 9.17) is 10.5 Å². The van der Waals surface area contributed by atoms with Gasteiger partial charge in [-0.05, 0) is 37.5 Å². The topological polar surface area (TPSA) is 69.4 Å². The van der Waals surface area contributed by atoms with Crippen LogP contribution in [0.3, 0.4) is 0 Å². The van der Waals surface area contributed by atoms with Crippen LogP contribution in [-0.2, 0) is 16.3 Å². The van der Waals surface area contributed by atoms with E-state index >= 15 is 0 Å². The maximum Gasteiger partial charge on any atom is 0.147 e. The maximum absolute atomic E-state index is 10.9. The molecule has 18 heavy (non-hydrogen) atoms. The van der Waals surface area contributed by atoms with Gasteiger partial charge in [0.1, 0.15) is 15.6 Å². The van der Waals surface area contributed by atoms with Gasteiger partial charge in [-0.15, -0.1) is 0 Å². The number of hydrogen-bond acceptors (Lipinski definition) is 4. The van der Waals surface area contributed by atoms with Crippen LogP contribution in [0.15, 0.2) is 24.3 Å². The molecule has 0 bridgehead atoms. The zero-order valence-electron chi connectivity index (χ0n) is 10.9. The molecule has 5 heteroatoms. The third kappa shape index (κ3) is 6.61. The normalized spacial score (nSPS) is 13.3. The summed E-state index contributed by atoms with van der Waals surface area (Å²) in [6.45, 7) is 2.38. The van der Waals surface area contributed by atoms with Gasteiger partial charge < -0.3 is 10.5 Å². The lowest BCUT2D eigenvalue weighted by Crippen LogP contribution is -2.17. The van der Waals surface area contributed by atoms with Crippen LogP contribution in [0.1, 0.15) is 18.9 Å². The van der Waals surface area contributed by atoms with E-state index in [1.54, 1.807) is 0 Å². The molecule has 0 fully saturated rings. The van der Waals surface area contributed by atoms with Gasteiger partial charge in [-0.1, -0.05) is 12.1 Å². The molecule has 0 aliphatic carbocycles. The van der Waals surface area contributed by atoms with Crippen molar-refractivity contribution in [2.75, 3.05) is 18.6 Å². The van der Waals surface area contributed by atoms with Crippen molar-refractivity contribution in [3.8, 4) is 5.75 Å². The Morgan fingerprint density at radius 2 is 1.89 bits per heavy atom. The molecule has 0 aromatic heterocycles. The van der Waals surface area contributed by atoms with E-state index in [1.165, 1.54) is 11.8 Å². The highest BCUT2D eigenvalue weighted by atomic mass is 32.2. The minimum Gasteiger partial charge on any atom is -0.494 e. The summed E-state index contributed by atoms with van der Waals surface area (Å²) < 4.78 is 27.3. The summed E-state index contributed by atoms with van der Waals surface area (Å²) in [4.78, 5) is 0. The largest absolute Gasteiger partial charge is 0.494 e. The highest BCUT2D eigenvalue weighted by molar-refractivity contribution is 7.90. The van der Waals surface area contributed by atoms with Crippen molar-refractivity contribution < 1.29 is 13.2 Å². The molecular weight excluding hydrogens is 250 g/mol. The molecule has 1 unspecified atom stereocenters. The van der Waals surface area contributed by atoms with Crippen LogP contribution in [-0.4, -0.2) is 33.1 Å². The van der Waals surface area contributed by atoms with Crippen LogP contribution in [0.2, 0.25) is 0 Å². The number of nitrogens with two attached hydrogens (primary N) is 1. The van der Waals surface area contributed by atoms with Crippen LogP contribution in [0.25, 0.3) is 0 Å². The standard InChI is InChI=1S/C13H21NO3S/c1-11(14)10-12-4-6-13(7-5-12)17-8-3-9-18(2,15)16/h4-7,11H,3,8-10,14H2,1-2H3. The third-order valence-electron chi connectivity index (χ3n) is 2.41. The van der Waals surface area contributed by atoms with E-state index in [0.717, 1.165) is 12.2 Å². The number of hydrogen-bond donors (Lipinski definition) is 1. The fourth-order valence-electron chi connectivity index (χ4n) is 1.60. The van der Waals surface area contributed by atoms with Gasteiger partial charge in [-0.3, -0.25) is 0 Å². The molecular formula is C13H21NO3S. The van der Waals surface area contributed by atoms with E-state index in [1.807, 2.05) is 31.2 Å². The molecule has 0 aliphatic heterocycles. The molecule has 0 heterocycles. The van der Waals surface area contributed by atoms with Gasteiger partial charge in [0.15, 0.2) is 0 Å². The van der Waals surface area contributed by atoms with Crippen molar-refractivity contribution in [2.45, 2.75) is 25.8 Å². The Bertz CT molecular complexity index is 452. The van der Waals surface area contributed by atoms with Gasteiger partial charge in [-0.2, -0.15) is 0 Å². The smallest absolute Gasteiger partial charge is 0.147 e. The average molecular weight is 271 g/mol. The SMILES string of the molecule is CC(N)Cc1ccc(OCCCS(C)(=O)=O)cc1. The lowest BCUT2D eigenvalue weighted by atomic mass is 10.1. The molecule has 0 radical (unpaired) electrons. The molecule has 102 valence electrons. The maximum atomic E-state index is 10.9. The lowest BCUT2D eigenvalue weighted by Gasteiger charge is -2.08. The summed E-state index contributed by atoms with van der Waals surface area (Å²) in [5, 5.41) is 0. The van der Waals surface area contributed by atoms with Gasteiger partial charge >= 0.3 is 0 Å². The highest BCUT2D eigenvalue weighted by Crippen LogP contribution is 2.13. The van der Waals surface area contributed by atoms with Gasteiger partial charge in [-0.25, -0.2) is 8.42 Å². The Kier molecular flexibility index (Phi) is 5.62. The molecule has 0 aliphatic rings. The number of sulfone groups is 1. The second kappa shape index (κ2) is 6.75. The Morgan fingerprint density at radius 3 is 2.39 bits per heavy atom. The molecule has 0 spiro atoms. The second-order valence-electron chi connectivity index (χ2n) is 4.66. The van der Waals surface area contributed by atoms with E-state index in [9.17, 15) is 8.42 Å². The minimum atomic E-state index is -2.89. The van der Waals surface area contributed by atoms with E-state index < -0.39 is 9.84 Å². The van der Waals surface area contributed by atoms with Crippen LogP contribution in [0, 0.1) is 0 Å². The first-order valence-corrected chi connectivity index (χ1v) is 8.08. The molecule has 0 amide bonds. The van der Waals surface area contributed by atoms with Gasteiger partial charge in [0, 0.05) is 12.3 Å². The quantitative estimate of drug-likeness (QED) is 0.761. The molecule has 1 atom stereocenters. The van der Waals surface area contributed by atoms with Crippen molar-refractivity contribution in [3.63, 3.8) is 0 Å². The minimum absolute atomic E-state index is 0.145. The predicted molar refractivity (Wildman–Crippen MR) is 73.6 cm³/mol. The van der Waals surface area contributed by atoms with Crippen molar-refractivity contribution >= 4 is 9.84 Å². The zero-order valence-corrected chi connectivity index (χ0v) is 11.7. The molecule has 4 nitrogen and oxygen atoms in total. The number of ether oxygens (including phenoxy) is 1. The molecule has 2 N–H and O–H groups in total. The van der Waals surface area contributed by atoms with Gasteiger partial charge in [0.2, 0.25) is 0 Å². The molecule has 1 aromatic rings. The Morgan fingerprint density at radius 1 is 1.28 bits per heavy atom. The van der Waals surface area contributed by atoms with E-state index in [2.05, 4.69) is 0 Å². The predicted octanol–water partition coefficient (Wildman–Crippen LogP) is 1.39. The van der Waals surface area contributed by atoms with Gasteiger partial charge in [0.25, 0.3) is 0 Å². The summed E-state index contributed by atoms with van der Waals surface area (Å²) in [6.07, 6.45) is 2.59. The van der Waals surface area contributed by atoms with Crippen LogP contribution >= 0.6 is 0 Å². The number of rotatable bonds is 7. The average Bonchev–Trinajstić information content (AvgIpc) is 2.24. The summed E-state index contributed by atoms with van der Waals surface area (Å²) >= 11 is 0. The van der Waals surface area contributed by atoms with Crippen LogP contribution < -0.4 is 10.5 Å². The summed E-state index contributed by atoms with van der Waals surface area (Å²) in [6, 6.07) is 7.88. The van der Waals surface area contributed by atoms with Gasteiger partial charge in [0.05, 0.1) is 12.4 Å². The van der Waals surface area contributed by atoms with Crippen molar-refractivity contribution in [3.05, 3.63) is 29.8 Å². The third-order valence-corrected chi connectivity index (χ3v) is 3.44. The summed E-state index contributed by atoms with van der Waals surface area (Å²) in [7, 11) is -2.89. The van der Waals surface area contributed by atoms with Crippen LogP contribution in [0.5, 0.6) is 5.75 Å².